The third-order valence-electron chi connectivity index (χ3n) is 3.96. The molecule has 0 saturated carbocycles. The summed E-state index contributed by atoms with van der Waals surface area (Å²) >= 11 is 0. The number of nitrogens with zero attached hydrogens (tertiary/aromatic N) is 2. The third-order valence-corrected chi connectivity index (χ3v) is 3.96. The molecular formula is C17H19N3O3. The predicted molar refractivity (Wildman–Crippen MR) is 84.9 cm³/mol. The van der Waals surface area contributed by atoms with Crippen LogP contribution in [-0.2, 0) is 4.79 Å². The van der Waals surface area contributed by atoms with Crippen molar-refractivity contribution in [3.8, 4) is 0 Å². The van der Waals surface area contributed by atoms with E-state index in [1.807, 2.05) is 30.3 Å². The second kappa shape index (κ2) is 6.64. The number of amides is 2. The minimum Gasteiger partial charge on any atom is -0.351 e. The number of likely N-dealkylation sites (tertiary alicyclic amines) is 1. The molecule has 2 amide bonds. The molecule has 6 nitrogen and oxygen atoms in total. The van der Waals surface area contributed by atoms with Crippen LogP contribution in [-0.4, -0.2) is 35.0 Å². The molecule has 120 valence electrons. The van der Waals surface area contributed by atoms with Gasteiger partial charge in [-0.15, -0.1) is 0 Å². The topological polar surface area (TPSA) is 75.4 Å². The maximum absolute atomic E-state index is 12.4. The van der Waals surface area contributed by atoms with Gasteiger partial charge in [0.15, 0.2) is 0 Å². The molecule has 0 aliphatic carbocycles. The molecule has 3 rings (SSSR count). The molecule has 1 fully saturated rings. The van der Waals surface area contributed by atoms with Crippen LogP contribution in [0.2, 0.25) is 0 Å². The number of carbonyl (C=O) groups is 2. The van der Waals surface area contributed by atoms with Crippen LogP contribution in [0.15, 0.2) is 40.9 Å². The van der Waals surface area contributed by atoms with Gasteiger partial charge >= 0.3 is 0 Å². The largest absolute Gasteiger partial charge is 0.351 e. The smallest absolute Gasteiger partial charge is 0.292 e. The zero-order chi connectivity index (χ0) is 16.2. The molecule has 2 aromatic rings. The van der Waals surface area contributed by atoms with E-state index in [-0.39, 0.29) is 23.5 Å². The van der Waals surface area contributed by atoms with Crippen molar-refractivity contribution in [3.05, 3.63) is 47.9 Å². The van der Waals surface area contributed by atoms with Gasteiger partial charge < -0.3 is 14.7 Å². The number of carbonyl (C=O) groups excluding carboxylic acids is 2. The molecule has 1 saturated heterocycles. The van der Waals surface area contributed by atoms with Crippen molar-refractivity contribution < 1.29 is 14.1 Å². The molecule has 6 heteroatoms. The summed E-state index contributed by atoms with van der Waals surface area (Å²) in [5.74, 6) is -0.242. The first kappa shape index (κ1) is 15.3. The summed E-state index contributed by atoms with van der Waals surface area (Å²) in [6.45, 7) is 2.80. The minimum atomic E-state index is -0.211. The van der Waals surface area contributed by atoms with Crippen LogP contribution in [0, 0.1) is 12.8 Å². The van der Waals surface area contributed by atoms with Gasteiger partial charge in [0.05, 0.1) is 11.6 Å². The summed E-state index contributed by atoms with van der Waals surface area (Å²) in [6, 6.07) is 11.0. The van der Waals surface area contributed by atoms with E-state index in [9.17, 15) is 9.59 Å². The Balaban J connectivity index is 1.63. The first-order valence-electron chi connectivity index (χ1n) is 7.72. The number of rotatable bonds is 3. The van der Waals surface area contributed by atoms with Gasteiger partial charge in [0.2, 0.25) is 11.7 Å². The maximum Gasteiger partial charge on any atom is 0.292 e. The zero-order valence-corrected chi connectivity index (χ0v) is 13.0. The van der Waals surface area contributed by atoms with Crippen molar-refractivity contribution in [1.29, 1.82) is 0 Å². The Morgan fingerprint density at radius 3 is 2.78 bits per heavy atom. The molecule has 1 aliphatic rings. The van der Waals surface area contributed by atoms with Gasteiger partial charge in [-0.25, -0.2) is 0 Å². The van der Waals surface area contributed by atoms with Crippen molar-refractivity contribution >= 4 is 17.5 Å². The molecular weight excluding hydrogens is 294 g/mol. The highest BCUT2D eigenvalue weighted by Crippen LogP contribution is 2.20. The Labute approximate surface area is 134 Å². The Morgan fingerprint density at radius 1 is 1.30 bits per heavy atom. The van der Waals surface area contributed by atoms with Crippen LogP contribution in [0.25, 0.3) is 0 Å². The average molecular weight is 313 g/mol. The monoisotopic (exact) mass is 313 g/mol. The van der Waals surface area contributed by atoms with Crippen LogP contribution in [0.4, 0.5) is 5.69 Å². The number of piperidine rings is 1. The van der Waals surface area contributed by atoms with Crippen LogP contribution >= 0.6 is 0 Å². The highest BCUT2D eigenvalue weighted by Gasteiger charge is 2.30. The van der Waals surface area contributed by atoms with E-state index in [2.05, 4.69) is 10.5 Å². The van der Waals surface area contributed by atoms with E-state index in [1.54, 1.807) is 17.9 Å². The van der Waals surface area contributed by atoms with Gasteiger partial charge in [0.25, 0.3) is 5.91 Å². The van der Waals surface area contributed by atoms with E-state index in [0.717, 1.165) is 18.5 Å². The SMILES string of the molecule is Cc1cc(C(=O)N2CCCC(C(=O)Nc3ccccc3)C2)on1. The van der Waals surface area contributed by atoms with Crippen molar-refractivity contribution in [1.82, 2.24) is 10.1 Å². The number of anilines is 1. The lowest BCUT2D eigenvalue weighted by Crippen LogP contribution is -2.43. The quantitative estimate of drug-likeness (QED) is 0.944. The highest BCUT2D eigenvalue weighted by atomic mass is 16.5. The lowest BCUT2D eigenvalue weighted by atomic mass is 9.96. The van der Waals surface area contributed by atoms with Crippen molar-refractivity contribution in [2.24, 2.45) is 5.92 Å². The van der Waals surface area contributed by atoms with E-state index in [0.29, 0.717) is 18.8 Å². The molecule has 23 heavy (non-hydrogen) atoms. The van der Waals surface area contributed by atoms with Crippen LogP contribution in [0.1, 0.15) is 29.1 Å². The molecule has 1 aromatic heterocycles. The first-order chi connectivity index (χ1) is 11.1. The Hall–Kier alpha value is -2.63. The van der Waals surface area contributed by atoms with Crippen LogP contribution in [0.3, 0.4) is 0 Å². The van der Waals surface area contributed by atoms with Gasteiger partial charge in [-0.3, -0.25) is 9.59 Å². The van der Waals surface area contributed by atoms with Crippen molar-refractivity contribution in [2.45, 2.75) is 19.8 Å². The van der Waals surface area contributed by atoms with Gasteiger partial charge in [-0.05, 0) is 31.9 Å². The number of aryl methyl sites for hydroxylation is 1. The van der Waals surface area contributed by atoms with E-state index in [4.69, 9.17) is 4.52 Å². The molecule has 0 spiro atoms. The standard InChI is InChI=1S/C17H19N3O3/c1-12-10-15(23-19-12)17(22)20-9-5-6-13(11-20)16(21)18-14-7-3-2-4-8-14/h2-4,7-8,10,13H,5-6,9,11H2,1H3,(H,18,21). The summed E-state index contributed by atoms with van der Waals surface area (Å²) in [4.78, 5) is 26.5. The maximum atomic E-state index is 12.4. The van der Waals surface area contributed by atoms with Crippen molar-refractivity contribution in [2.75, 3.05) is 18.4 Å². The fourth-order valence-corrected chi connectivity index (χ4v) is 2.76. The molecule has 1 aliphatic heterocycles. The molecule has 2 heterocycles. The zero-order valence-electron chi connectivity index (χ0n) is 13.0. The highest BCUT2D eigenvalue weighted by molar-refractivity contribution is 5.95. The van der Waals surface area contributed by atoms with Gasteiger partial charge in [0.1, 0.15) is 0 Å². The summed E-state index contributed by atoms with van der Waals surface area (Å²) in [7, 11) is 0. The predicted octanol–water partition coefficient (Wildman–Crippen LogP) is 2.47. The van der Waals surface area contributed by atoms with E-state index >= 15 is 0 Å². The Morgan fingerprint density at radius 2 is 2.09 bits per heavy atom. The number of nitrogens with one attached hydrogen (secondary N) is 1. The normalized spacial score (nSPS) is 17.8. The van der Waals surface area contributed by atoms with Gasteiger partial charge in [-0.2, -0.15) is 0 Å². The number of para-hydroxylation sites is 1. The molecule has 1 aromatic carbocycles. The molecule has 0 radical (unpaired) electrons. The van der Waals surface area contributed by atoms with Crippen molar-refractivity contribution in [3.63, 3.8) is 0 Å². The number of hydrogen-bond donors (Lipinski definition) is 1. The Kier molecular flexibility index (Phi) is 4.41. The second-order valence-corrected chi connectivity index (χ2v) is 5.78. The number of aromatic nitrogens is 1. The lowest BCUT2D eigenvalue weighted by Gasteiger charge is -2.31. The summed E-state index contributed by atoms with van der Waals surface area (Å²) in [5.41, 5.74) is 1.44. The Bertz CT molecular complexity index is 696. The average Bonchev–Trinajstić information content (AvgIpc) is 3.01. The first-order valence-corrected chi connectivity index (χ1v) is 7.72. The molecule has 0 bridgehead atoms. The summed E-state index contributed by atoms with van der Waals surface area (Å²) < 4.78 is 5.03. The lowest BCUT2D eigenvalue weighted by molar-refractivity contribution is -0.121. The van der Waals surface area contributed by atoms with E-state index in [1.165, 1.54) is 0 Å². The summed E-state index contributed by atoms with van der Waals surface area (Å²) in [5, 5.41) is 6.64. The molecule has 1 atom stereocenters. The third kappa shape index (κ3) is 3.59. The van der Waals surface area contributed by atoms with Crippen LogP contribution < -0.4 is 5.32 Å². The fourth-order valence-electron chi connectivity index (χ4n) is 2.76. The number of benzene rings is 1. The molecule has 1 N–H and O–H groups in total. The number of hydrogen-bond acceptors (Lipinski definition) is 4. The van der Waals surface area contributed by atoms with E-state index < -0.39 is 0 Å². The minimum absolute atomic E-state index is 0.0533. The molecule has 1 unspecified atom stereocenters. The van der Waals surface area contributed by atoms with Crippen LogP contribution in [0.5, 0.6) is 0 Å². The summed E-state index contributed by atoms with van der Waals surface area (Å²) in [6.07, 6.45) is 1.57. The van der Waals surface area contributed by atoms with Gasteiger partial charge in [-0.1, -0.05) is 23.4 Å². The van der Waals surface area contributed by atoms with Gasteiger partial charge in [0, 0.05) is 24.8 Å². The fraction of sp³-hybridized carbons (Fsp3) is 0.353. The second-order valence-electron chi connectivity index (χ2n) is 5.78.